The van der Waals surface area contributed by atoms with Crippen molar-refractivity contribution in [2.75, 3.05) is 0 Å². The quantitative estimate of drug-likeness (QED) is 0.419. The zero-order valence-corrected chi connectivity index (χ0v) is 17.6. The number of hydrogen-bond acceptors (Lipinski definition) is 4. The van der Waals surface area contributed by atoms with Gasteiger partial charge in [-0.1, -0.05) is 12.1 Å². The number of rotatable bonds is 5. The van der Waals surface area contributed by atoms with Crippen LogP contribution in [0.15, 0.2) is 61.3 Å². The number of nitrogens with zero attached hydrogens (tertiary/aromatic N) is 6. The average molecular weight is 422 g/mol. The van der Waals surface area contributed by atoms with Crippen LogP contribution in [0.3, 0.4) is 0 Å². The van der Waals surface area contributed by atoms with Crippen molar-refractivity contribution in [3.05, 3.63) is 67.0 Å². The highest BCUT2D eigenvalue weighted by atomic mass is 15.3. The van der Waals surface area contributed by atoms with Gasteiger partial charge in [-0.2, -0.15) is 5.10 Å². The maximum Gasteiger partial charge on any atom is 0.164 e. The van der Waals surface area contributed by atoms with Crippen LogP contribution >= 0.6 is 0 Å². The van der Waals surface area contributed by atoms with Gasteiger partial charge in [0.25, 0.3) is 0 Å². The van der Waals surface area contributed by atoms with Crippen LogP contribution in [-0.2, 0) is 0 Å². The number of imidazole rings is 1. The van der Waals surface area contributed by atoms with Crippen LogP contribution in [0.1, 0.15) is 49.8 Å². The Kier molecular flexibility index (Phi) is 3.85. The summed E-state index contributed by atoms with van der Waals surface area (Å²) in [6.45, 7) is 0. The van der Waals surface area contributed by atoms with E-state index >= 15 is 0 Å². The molecule has 2 aromatic carbocycles. The topological polar surface area (TPSA) is 77.2 Å². The molecule has 2 aliphatic rings. The lowest BCUT2D eigenvalue weighted by Gasteiger charge is -2.27. The fourth-order valence-electron chi connectivity index (χ4n) is 4.64. The molecule has 1 N–H and O–H groups in total. The summed E-state index contributed by atoms with van der Waals surface area (Å²) in [7, 11) is 0. The SMILES string of the molecule is c1cc(-c2n[nH]c3ccc(-c4nncn4C4CCC4)cc23)cc(-n2cnc(C3CC3)c2)c1. The molecule has 2 saturated carbocycles. The number of aromatic nitrogens is 7. The molecule has 158 valence electrons. The highest BCUT2D eigenvalue weighted by Crippen LogP contribution is 2.39. The standard InChI is InChI=1S/C25H23N7/c1-3-17(11-20(6-1)31-13-23(26-14-31)16-7-8-16)24-21-12-18(9-10-22(21)28-29-24)25-30-27-15-32(25)19-4-2-5-19/h1,3,6,9-16,19H,2,4-5,7-8H2,(H,28,29). The van der Waals surface area contributed by atoms with Gasteiger partial charge in [0.05, 0.1) is 23.2 Å². The Hall–Kier alpha value is -3.74. The normalized spacial score (nSPS) is 16.5. The van der Waals surface area contributed by atoms with E-state index in [1.807, 2.05) is 12.7 Å². The summed E-state index contributed by atoms with van der Waals surface area (Å²) in [6.07, 6.45) is 12.1. The van der Waals surface area contributed by atoms with Crippen LogP contribution in [0.5, 0.6) is 0 Å². The van der Waals surface area contributed by atoms with E-state index in [-0.39, 0.29) is 0 Å². The molecule has 0 amide bonds. The molecule has 3 heterocycles. The molecule has 0 unspecified atom stereocenters. The predicted molar refractivity (Wildman–Crippen MR) is 123 cm³/mol. The number of hydrogen-bond donors (Lipinski definition) is 1. The van der Waals surface area contributed by atoms with Crippen LogP contribution in [0.25, 0.3) is 39.2 Å². The Morgan fingerprint density at radius 3 is 2.72 bits per heavy atom. The summed E-state index contributed by atoms with van der Waals surface area (Å²) >= 11 is 0. The number of H-pyrrole nitrogens is 1. The molecule has 0 saturated heterocycles. The molecule has 7 heteroatoms. The molecule has 5 aromatic rings. The molecular weight excluding hydrogens is 398 g/mol. The summed E-state index contributed by atoms with van der Waals surface area (Å²) in [5, 5.41) is 17.6. The Balaban J connectivity index is 1.29. The molecule has 2 fully saturated rings. The Bertz CT molecular complexity index is 1430. The van der Waals surface area contributed by atoms with Crippen molar-refractivity contribution >= 4 is 10.9 Å². The molecule has 7 rings (SSSR count). The zero-order chi connectivity index (χ0) is 21.1. The first-order valence-electron chi connectivity index (χ1n) is 11.4. The monoisotopic (exact) mass is 421 g/mol. The molecule has 0 radical (unpaired) electrons. The molecule has 0 aliphatic heterocycles. The molecule has 3 aromatic heterocycles. The van der Waals surface area contributed by atoms with E-state index in [9.17, 15) is 0 Å². The minimum atomic E-state index is 0.520. The third-order valence-electron chi connectivity index (χ3n) is 6.88. The van der Waals surface area contributed by atoms with Crippen LogP contribution in [0.2, 0.25) is 0 Å². The summed E-state index contributed by atoms with van der Waals surface area (Å²) in [4.78, 5) is 4.60. The Morgan fingerprint density at radius 1 is 0.938 bits per heavy atom. The fraction of sp³-hybridized carbons (Fsp3) is 0.280. The van der Waals surface area contributed by atoms with E-state index in [1.165, 1.54) is 37.8 Å². The van der Waals surface area contributed by atoms with Crippen LogP contribution < -0.4 is 0 Å². The van der Waals surface area contributed by atoms with Gasteiger partial charge in [0.15, 0.2) is 5.82 Å². The second-order valence-electron chi connectivity index (χ2n) is 9.01. The summed E-state index contributed by atoms with van der Waals surface area (Å²) in [6, 6.07) is 15.4. The maximum absolute atomic E-state index is 4.66. The van der Waals surface area contributed by atoms with Gasteiger partial charge in [-0.3, -0.25) is 5.10 Å². The van der Waals surface area contributed by atoms with Gasteiger partial charge in [0, 0.05) is 40.4 Å². The van der Waals surface area contributed by atoms with Gasteiger partial charge in [-0.25, -0.2) is 4.98 Å². The van der Waals surface area contributed by atoms with Gasteiger partial charge in [-0.15, -0.1) is 10.2 Å². The number of nitrogens with one attached hydrogen (secondary N) is 1. The molecule has 32 heavy (non-hydrogen) atoms. The summed E-state index contributed by atoms with van der Waals surface area (Å²) < 4.78 is 4.33. The first-order chi connectivity index (χ1) is 15.8. The highest BCUT2D eigenvalue weighted by molar-refractivity contribution is 5.95. The second-order valence-corrected chi connectivity index (χ2v) is 9.01. The van der Waals surface area contributed by atoms with E-state index in [4.69, 9.17) is 0 Å². The third kappa shape index (κ3) is 2.88. The molecule has 7 nitrogen and oxygen atoms in total. The van der Waals surface area contributed by atoms with E-state index in [2.05, 4.69) is 83.2 Å². The predicted octanol–water partition coefficient (Wildman–Crippen LogP) is 5.28. The highest BCUT2D eigenvalue weighted by Gasteiger charge is 2.26. The number of fused-ring (bicyclic) bond motifs is 1. The first kappa shape index (κ1) is 17.9. The fourth-order valence-corrected chi connectivity index (χ4v) is 4.64. The van der Waals surface area contributed by atoms with Crippen LogP contribution in [-0.4, -0.2) is 34.5 Å². The molecule has 0 bridgehead atoms. The lowest BCUT2D eigenvalue weighted by atomic mass is 9.92. The van der Waals surface area contributed by atoms with E-state index in [0.29, 0.717) is 12.0 Å². The Morgan fingerprint density at radius 2 is 1.88 bits per heavy atom. The number of benzene rings is 2. The molecule has 0 atom stereocenters. The van der Waals surface area contributed by atoms with E-state index < -0.39 is 0 Å². The molecule has 2 aliphatic carbocycles. The van der Waals surface area contributed by atoms with Crippen molar-refractivity contribution < 1.29 is 0 Å². The smallest absolute Gasteiger partial charge is 0.164 e. The van der Waals surface area contributed by atoms with Crippen molar-refractivity contribution in [3.63, 3.8) is 0 Å². The Labute approximate surface area is 185 Å². The van der Waals surface area contributed by atoms with Crippen LogP contribution in [0.4, 0.5) is 0 Å². The van der Waals surface area contributed by atoms with Crippen LogP contribution in [0, 0.1) is 0 Å². The van der Waals surface area contributed by atoms with Crippen molar-refractivity contribution in [2.24, 2.45) is 0 Å². The van der Waals surface area contributed by atoms with Crippen molar-refractivity contribution in [1.29, 1.82) is 0 Å². The minimum Gasteiger partial charge on any atom is -0.310 e. The zero-order valence-electron chi connectivity index (χ0n) is 17.6. The molecular formula is C25H23N7. The summed E-state index contributed by atoms with van der Waals surface area (Å²) in [5.41, 5.74) is 6.40. The van der Waals surface area contributed by atoms with Gasteiger partial charge in [0.2, 0.25) is 0 Å². The van der Waals surface area contributed by atoms with Crippen molar-refractivity contribution in [1.82, 2.24) is 34.5 Å². The largest absolute Gasteiger partial charge is 0.310 e. The molecule has 0 spiro atoms. The van der Waals surface area contributed by atoms with Gasteiger partial charge < -0.3 is 9.13 Å². The second kappa shape index (κ2) is 6.88. The lowest BCUT2D eigenvalue weighted by Crippen LogP contribution is -2.17. The maximum atomic E-state index is 4.66. The van der Waals surface area contributed by atoms with Crippen molar-refractivity contribution in [3.8, 4) is 28.3 Å². The number of aromatic amines is 1. The van der Waals surface area contributed by atoms with Gasteiger partial charge in [-0.05, 0) is 62.4 Å². The first-order valence-corrected chi connectivity index (χ1v) is 11.4. The van der Waals surface area contributed by atoms with Gasteiger partial charge >= 0.3 is 0 Å². The van der Waals surface area contributed by atoms with Gasteiger partial charge in [0.1, 0.15) is 6.33 Å². The third-order valence-corrected chi connectivity index (χ3v) is 6.88. The van der Waals surface area contributed by atoms with Crippen molar-refractivity contribution in [2.45, 2.75) is 44.1 Å². The lowest BCUT2D eigenvalue weighted by molar-refractivity contribution is 0.315. The van der Waals surface area contributed by atoms with E-state index in [0.717, 1.165) is 39.2 Å². The minimum absolute atomic E-state index is 0.520. The van der Waals surface area contributed by atoms with E-state index in [1.54, 1.807) is 0 Å². The summed E-state index contributed by atoms with van der Waals surface area (Å²) in [5.74, 6) is 1.58. The average Bonchev–Trinajstić information content (AvgIpc) is 3.18.